The number of ether oxygens (including phenoxy) is 1. The summed E-state index contributed by atoms with van der Waals surface area (Å²) >= 11 is 0. The number of aromatic hydroxyl groups is 1. The van der Waals surface area contributed by atoms with Gasteiger partial charge in [-0.25, -0.2) is 0 Å². The number of nitrogens with zero attached hydrogens (tertiary/aromatic N) is 1. The van der Waals surface area contributed by atoms with Crippen molar-refractivity contribution in [1.29, 1.82) is 0 Å². The Morgan fingerprint density at radius 1 is 1.29 bits per heavy atom. The van der Waals surface area contributed by atoms with E-state index in [-0.39, 0.29) is 17.8 Å². The molecule has 3 rings (SSSR count). The predicted molar refractivity (Wildman–Crippen MR) is 93.0 cm³/mol. The first-order valence-electron chi connectivity index (χ1n) is 9.16. The van der Waals surface area contributed by atoms with E-state index in [4.69, 9.17) is 4.74 Å². The number of hydrogen-bond acceptors (Lipinski definition) is 4. The topological polar surface area (TPSA) is 61.8 Å². The van der Waals surface area contributed by atoms with E-state index in [2.05, 4.69) is 12.2 Å². The predicted octanol–water partition coefficient (Wildman–Crippen LogP) is 3.33. The Morgan fingerprint density at radius 2 is 2.04 bits per heavy atom. The van der Waals surface area contributed by atoms with E-state index in [0.717, 1.165) is 44.2 Å². The maximum absolute atomic E-state index is 13.1. The van der Waals surface area contributed by atoms with E-state index in [1.54, 1.807) is 6.07 Å². The summed E-state index contributed by atoms with van der Waals surface area (Å²) in [5.74, 6) is 0.852. The van der Waals surface area contributed by atoms with Gasteiger partial charge >= 0.3 is 0 Å². The second-order valence-electron chi connectivity index (χ2n) is 6.85. The molecule has 1 aromatic carbocycles. The molecule has 1 aliphatic carbocycles. The van der Waals surface area contributed by atoms with Crippen molar-refractivity contribution in [3.05, 3.63) is 23.8 Å². The van der Waals surface area contributed by atoms with Gasteiger partial charge in [0, 0.05) is 6.54 Å². The molecule has 1 spiro atoms. The van der Waals surface area contributed by atoms with E-state index < -0.39 is 5.54 Å². The Hall–Kier alpha value is -1.75. The Bertz CT molecular complexity index is 596. The lowest BCUT2D eigenvalue weighted by Gasteiger charge is -2.31. The van der Waals surface area contributed by atoms with Crippen LogP contribution in [0, 0.1) is 0 Å². The summed E-state index contributed by atoms with van der Waals surface area (Å²) in [7, 11) is 0. The van der Waals surface area contributed by atoms with Gasteiger partial charge in [-0.1, -0.05) is 32.3 Å². The highest BCUT2D eigenvalue weighted by atomic mass is 16.5. The SMILES string of the molecule is CCCN1C(=O)C2(CCCCC2)NC1c1ccc(O)c(OCC)c1. The summed E-state index contributed by atoms with van der Waals surface area (Å²) < 4.78 is 5.51. The van der Waals surface area contributed by atoms with E-state index >= 15 is 0 Å². The molecule has 5 nitrogen and oxygen atoms in total. The lowest BCUT2D eigenvalue weighted by Crippen LogP contribution is -2.48. The Labute approximate surface area is 144 Å². The molecule has 1 saturated carbocycles. The Morgan fingerprint density at radius 3 is 2.71 bits per heavy atom. The Kier molecular flexibility index (Phi) is 4.99. The number of benzene rings is 1. The van der Waals surface area contributed by atoms with Gasteiger partial charge in [0.1, 0.15) is 6.17 Å². The van der Waals surface area contributed by atoms with Gasteiger partial charge in [-0.2, -0.15) is 0 Å². The van der Waals surface area contributed by atoms with Gasteiger partial charge in [0.25, 0.3) is 0 Å². The van der Waals surface area contributed by atoms with Gasteiger partial charge in [0.2, 0.25) is 5.91 Å². The lowest BCUT2D eigenvalue weighted by atomic mass is 9.81. The third kappa shape index (κ3) is 2.97. The van der Waals surface area contributed by atoms with Crippen molar-refractivity contribution in [2.75, 3.05) is 13.2 Å². The molecule has 2 fully saturated rings. The van der Waals surface area contributed by atoms with Crippen molar-refractivity contribution in [3.63, 3.8) is 0 Å². The number of phenols is 1. The molecule has 1 aromatic rings. The van der Waals surface area contributed by atoms with E-state index in [9.17, 15) is 9.90 Å². The van der Waals surface area contributed by atoms with Gasteiger partial charge in [0.05, 0.1) is 12.1 Å². The highest BCUT2D eigenvalue weighted by molar-refractivity contribution is 5.89. The average molecular weight is 332 g/mol. The van der Waals surface area contributed by atoms with Gasteiger partial charge in [0.15, 0.2) is 11.5 Å². The maximum atomic E-state index is 13.1. The summed E-state index contributed by atoms with van der Waals surface area (Å²) in [6.45, 7) is 5.22. The van der Waals surface area contributed by atoms with Gasteiger partial charge < -0.3 is 14.7 Å². The van der Waals surface area contributed by atoms with Crippen LogP contribution in [0.5, 0.6) is 11.5 Å². The normalized spacial score (nSPS) is 23.0. The zero-order chi connectivity index (χ0) is 17.2. The second kappa shape index (κ2) is 7.01. The Balaban J connectivity index is 1.93. The van der Waals surface area contributed by atoms with Crippen molar-refractivity contribution < 1.29 is 14.6 Å². The van der Waals surface area contributed by atoms with Crippen LogP contribution in [0.25, 0.3) is 0 Å². The zero-order valence-corrected chi connectivity index (χ0v) is 14.7. The molecule has 5 heteroatoms. The van der Waals surface area contributed by atoms with E-state index in [1.807, 2.05) is 24.0 Å². The van der Waals surface area contributed by atoms with Crippen molar-refractivity contribution in [1.82, 2.24) is 10.2 Å². The molecular weight excluding hydrogens is 304 g/mol. The summed E-state index contributed by atoms with van der Waals surface area (Å²) in [5, 5.41) is 13.6. The van der Waals surface area contributed by atoms with Gasteiger partial charge in [-0.05, 0) is 43.9 Å². The number of nitrogens with one attached hydrogen (secondary N) is 1. The fourth-order valence-corrected chi connectivity index (χ4v) is 4.01. The quantitative estimate of drug-likeness (QED) is 0.868. The van der Waals surface area contributed by atoms with E-state index in [0.29, 0.717) is 12.4 Å². The minimum absolute atomic E-state index is 0.138. The van der Waals surface area contributed by atoms with Crippen LogP contribution in [0.4, 0.5) is 0 Å². The molecule has 0 radical (unpaired) electrons. The molecule has 1 amide bonds. The molecule has 0 aromatic heterocycles. The van der Waals surface area contributed by atoms with Crippen LogP contribution < -0.4 is 10.1 Å². The van der Waals surface area contributed by atoms with Crippen LogP contribution in [-0.2, 0) is 4.79 Å². The fourth-order valence-electron chi connectivity index (χ4n) is 4.01. The third-order valence-electron chi connectivity index (χ3n) is 5.17. The standard InChI is InChI=1S/C19H28N2O3/c1-3-12-21-17(14-8-9-15(22)16(13-14)24-4-2)20-19(18(21)23)10-6-5-7-11-19/h8-9,13,17,20,22H,3-7,10-12H2,1-2H3. The van der Waals surface area contributed by atoms with Crippen molar-refractivity contribution in [2.45, 2.75) is 64.1 Å². The second-order valence-corrected chi connectivity index (χ2v) is 6.85. The molecule has 1 atom stereocenters. The number of carbonyl (C=O) groups is 1. The first-order valence-corrected chi connectivity index (χ1v) is 9.16. The molecule has 1 saturated heterocycles. The van der Waals surface area contributed by atoms with E-state index in [1.165, 1.54) is 6.42 Å². The fraction of sp³-hybridized carbons (Fsp3) is 0.632. The van der Waals surface area contributed by atoms with Crippen LogP contribution in [0.3, 0.4) is 0 Å². The number of rotatable bonds is 5. The number of amides is 1. The first-order chi connectivity index (χ1) is 11.6. The highest BCUT2D eigenvalue weighted by Gasteiger charge is 2.51. The number of phenolic OH excluding ortho intramolecular Hbond substituents is 1. The summed E-state index contributed by atoms with van der Waals surface area (Å²) in [6, 6.07) is 5.39. The molecule has 2 aliphatic rings. The molecule has 24 heavy (non-hydrogen) atoms. The van der Waals surface area contributed by atoms with Crippen molar-refractivity contribution in [2.24, 2.45) is 0 Å². The van der Waals surface area contributed by atoms with Crippen LogP contribution in [-0.4, -0.2) is 34.6 Å². The van der Waals surface area contributed by atoms with Crippen LogP contribution in [0.2, 0.25) is 0 Å². The summed E-state index contributed by atoms with van der Waals surface area (Å²) in [5.41, 5.74) is 0.572. The molecule has 1 heterocycles. The van der Waals surface area contributed by atoms with Crippen LogP contribution in [0.15, 0.2) is 18.2 Å². The lowest BCUT2D eigenvalue weighted by molar-refractivity contribution is -0.134. The van der Waals surface area contributed by atoms with Gasteiger partial charge in [-0.3, -0.25) is 10.1 Å². The average Bonchev–Trinajstić information content (AvgIpc) is 2.84. The summed E-state index contributed by atoms with van der Waals surface area (Å²) in [6.07, 6.45) is 6.03. The third-order valence-corrected chi connectivity index (χ3v) is 5.17. The molecule has 1 aliphatic heterocycles. The number of carbonyl (C=O) groups excluding carboxylic acids is 1. The molecule has 0 bridgehead atoms. The van der Waals surface area contributed by atoms with Crippen LogP contribution in [0.1, 0.15) is 64.1 Å². The highest BCUT2D eigenvalue weighted by Crippen LogP contribution is 2.41. The maximum Gasteiger partial charge on any atom is 0.244 e. The van der Waals surface area contributed by atoms with Gasteiger partial charge in [-0.15, -0.1) is 0 Å². The molecule has 1 unspecified atom stereocenters. The van der Waals surface area contributed by atoms with Crippen molar-refractivity contribution >= 4 is 5.91 Å². The van der Waals surface area contributed by atoms with Crippen LogP contribution >= 0.6 is 0 Å². The zero-order valence-electron chi connectivity index (χ0n) is 14.7. The largest absolute Gasteiger partial charge is 0.504 e. The smallest absolute Gasteiger partial charge is 0.244 e. The molecule has 2 N–H and O–H groups in total. The first kappa shape index (κ1) is 17.1. The molecular formula is C19H28N2O3. The summed E-state index contributed by atoms with van der Waals surface area (Å²) in [4.78, 5) is 15.1. The minimum atomic E-state index is -0.401. The van der Waals surface area contributed by atoms with Crippen molar-refractivity contribution in [3.8, 4) is 11.5 Å². The number of hydrogen-bond donors (Lipinski definition) is 2. The minimum Gasteiger partial charge on any atom is -0.504 e. The monoisotopic (exact) mass is 332 g/mol. The molecule has 132 valence electrons.